The fourth-order valence-electron chi connectivity index (χ4n) is 8.21. The number of aryl methyl sites for hydroxylation is 2. The summed E-state index contributed by atoms with van der Waals surface area (Å²) in [5.41, 5.74) is 18.8. The number of unbranched alkanes of at least 4 members (excludes halogenated alkanes) is 1. The molecular weight excluding hydrogens is 555 g/mol. The monoisotopic (exact) mass is 589 g/mol. The smallest absolute Gasteiger partial charge is 0.0725 e. The molecule has 1 nitrogen and oxygen atoms in total. The molecular formula is C45H35N. The molecule has 0 unspecified atom stereocenters. The van der Waals surface area contributed by atoms with E-state index in [0.717, 1.165) is 23.2 Å². The van der Waals surface area contributed by atoms with Gasteiger partial charge in [0.15, 0.2) is 0 Å². The summed E-state index contributed by atoms with van der Waals surface area (Å²) in [6.45, 7) is 4.46. The molecule has 1 aromatic heterocycles. The molecule has 0 bridgehead atoms. The van der Waals surface area contributed by atoms with Gasteiger partial charge in [-0.05, 0) is 99.2 Å². The SMILES string of the molecule is CCCCc1ccc(-c2cccc3nc(-c4ccc5c(c4)C4(c6ccccc6-c6ccccc64)c4cc(C)ccc4-5)ccc23)cc1. The largest absolute Gasteiger partial charge is 0.248 e. The van der Waals surface area contributed by atoms with Crippen LogP contribution in [0.25, 0.3) is 55.5 Å². The minimum Gasteiger partial charge on any atom is -0.248 e. The first-order valence-corrected chi connectivity index (χ1v) is 16.6. The number of nitrogens with zero attached hydrogens (tertiary/aromatic N) is 1. The maximum Gasteiger partial charge on any atom is 0.0725 e. The van der Waals surface area contributed by atoms with Crippen LogP contribution in [0.3, 0.4) is 0 Å². The van der Waals surface area contributed by atoms with Crippen molar-refractivity contribution in [3.8, 4) is 44.6 Å². The summed E-state index contributed by atoms with van der Waals surface area (Å²) in [5.74, 6) is 0. The van der Waals surface area contributed by atoms with E-state index < -0.39 is 0 Å². The van der Waals surface area contributed by atoms with E-state index in [0.29, 0.717) is 0 Å². The van der Waals surface area contributed by atoms with E-state index in [-0.39, 0.29) is 5.41 Å². The molecule has 0 aliphatic heterocycles. The Hall–Kier alpha value is -5.27. The van der Waals surface area contributed by atoms with Crippen LogP contribution < -0.4 is 0 Å². The highest BCUT2D eigenvalue weighted by Crippen LogP contribution is 2.63. The highest BCUT2D eigenvalue weighted by Gasteiger charge is 2.51. The number of hydrogen-bond acceptors (Lipinski definition) is 1. The topological polar surface area (TPSA) is 12.9 Å². The molecule has 0 fully saturated rings. The zero-order valence-electron chi connectivity index (χ0n) is 26.3. The predicted octanol–water partition coefficient (Wildman–Crippen LogP) is 11.6. The van der Waals surface area contributed by atoms with Gasteiger partial charge < -0.3 is 0 Å². The molecule has 2 aliphatic carbocycles. The summed E-state index contributed by atoms with van der Waals surface area (Å²) in [4.78, 5) is 5.28. The second-order valence-electron chi connectivity index (χ2n) is 13.0. The van der Waals surface area contributed by atoms with Gasteiger partial charge in [-0.25, -0.2) is 4.98 Å². The number of fused-ring (bicyclic) bond motifs is 11. The van der Waals surface area contributed by atoms with Crippen LogP contribution in [0.1, 0.15) is 53.1 Å². The van der Waals surface area contributed by atoms with E-state index in [9.17, 15) is 0 Å². The molecule has 0 saturated carbocycles. The number of rotatable bonds is 5. The minimum absolute atomic E-state index is 0.354. The van der Waals surface area contributed by atoms with Crippen LogP contribution in [0.5, 0.6) is 0 Å². The quantitative estimate of drug-likeness (QED) is 0.195. The van der Waals surface area contributed by atoms with E-state index in [4.69, 9.17) is 4.98 Å². The average Bonchev–Trinajstić information content (AvgIpc) is 3.57. The first-order valence-electron chi connectivity index (χ1n) is 16.6. The Morgan fingerprint density at radius 2 is 1.15 bits per heavy atom. The summed E-state index contributed by atoms with van der Waals surface area (Å²) in [7, 11) is 0. The Morgan fingerprint density at radius 3 is 1.89 bits per heavy atom. The molecule has 0 saturated heterocycles. The van der Waals surface area contributed by atoms with Crippen molar-refractivity contribution >= 4 is 10.9 Å². The van der Waals surface area contributed by atoms with Crippen molar-refractivity contribution in [1.82, 2.24) is 4.98 Å². The Balaban J connectivity index is 1.20. The molecule has 1 heteroatoms. The normalized spacial score (nSPS) is 13.4. The lowest BCUT2D eigenvalue weighted by molar-refractivity contribution is 0.793. The lowest BCUT2D eigenvalue weighted by atomic mass is 9.70. The number of hydrogen-bond donors (Lipinski definition) is 0. The maximum absolute atomic E-state index is 5.28. The van der Waals surface area contributed by atoms with E-state index in [1.807, 2.05) is 0 Å². The molecule has 0 atom stereocenters. The van der Waals surface area contributed by atoms with Crippen LogP contribution in [0, 0.1) is 6.92 Å². The van der Waals surface area contributed by atoms with Crippen molar-refractivity contribution in [3.63, 3.8) is 0 Å². The third-order valence-electron chi connectivity index (χ3n) is 10.4. The van der Waals surface area contributed by atoms with Gasteiger partial charge in [-0.15, -0.1) is 0 Å². The summed E-state index contributed by atoms with van der Waals surface area (Å²) < 4.78 is 0. The second-order valence-corrected chi connectivity index (χ2v) is 13.0. The van der Waals surface area contributed by atoms with Crippen molar-refractivity contribution in [1.29, 1.82) is 0 Å². The molecule has 1 spiro atoms. The Labute approximate surface area is 271 Å². The van der Waals surface area contributed by atoms with Crippen molar-refractivity contribution in [2.24, 2.45) is 0 Å². The van der Waals surface area contributed by atoms with Crippen LogP contribution in [-0.4, -0.2) is 4.98 Å². The summed E-state index contributed by atoms with van der Waals surface area (Å²) in [6.07, 6.45) is 3.59. The lowest BCUT2D eigenvalue weighted by Crippen LogP contribution is -2.26. The molecule has 7 aromatic rings. The predicted molar refractivity (Wildman–Crippen MR) is 192 cm³/mol. The lowest BCUT2D eigenvalue weighted by Gasteiger charge is -2.31. The molecule has 2 aliphatic rings. The maximum atomic E-state index is 5.28. The molecule has 46 heavy (non-hydrogen) atoms. The van der Waals surface area contributed by atoms with E-state index in [1.165, 1.54) is 85.0 Å². The van der Waals surface area contributed by atoms with Gasteiger partial charge in [-0.1, -0.05) is 140 Å². The number of pyridine rings is 1. The standard InChI is InChI=1S/C45H35N/c1-3-4-10-30-18-20-31(21-19-30)33-13-9-16-44-38(33)25-26-43(46-44)32-22-24-37-36-23-17-29(2)27-41(36)45(42(37)28-32)39-14-7-5-11-34(39)35-12-6-8-15-40(35)45/h5-9,11-28H,3-4,10H2,1-2H3. The first-order chi connectivity index (χ1) is 22.7. The Morgan fingerprint density at radius 1 is 0.522 bits per heavy atom. The van der Waals surface area contributed by atoms with Crippen molar-refractivity contribution in [3.05, 3.63) is 173 Å². The van der Waals surface area contributed by atoms with Crippen LogP contribution in [0.15, 0.2) is 140 Å². The Kier molecular flexibility index (Phi) is 6.12. The second kappa shape index (κ2) is 10.4. The molecule has 1 heterocycles. The first kappa shape index (κ1) is 27.1. The van der Waals surface area contributed by atoms with E-state index in [1.54, 1.807) is 0 Å². The van der Waals surface area contributed by atoms with Crippen LogP contribution in [0.2, 0.25) is 0 Å². The highest BCUT2D eigenvalue weighted by molar-refractivity contribution is 5.98. The highest BCUT2D eigenvalue weighted by atomic mass is 14.7. The third kappa shape index (κ3) is 3.85. The molecule has 0 radical (unpaired) electrons. The zero-order chi connectivity index (χ0) is 30.8. The molecule has 6 aromatic carbocycles. The zero-order valence-corrected chi connectivity index (χ0v) is 26.3. The minimum atomic E-state index is -0.354. The third-order valence-corrected chi connectivity index (χ3v) is 10.4. The van der Waals surface area contributed by atoms with E-state index in [2.05, 4.69) is 153 Å². The van der Waals surface area contributed by atoms with Crippen LogP contribution in [0.4, 0.5) is 0 Å². The van der Waals surface area contributed by atoms with Crippen molar-refractivity contribution < 1.29 is 0 Å². The van der Waals surface area contributed by atoms with Gasteiger partial charge in [0, 0.05) is 10.9 Å². The molecule has 220 valence electrons. The summed E-state index contributed by atoms with van der Waals surface area (Å²) in [5, 5.41) is 1.19. The molecule has 0 amide bonds. The fraction of sp³-hybridized carbons (Fsp3) is 0.133. The molecule has 0 N–H and O–H groups in total. The van der Waals surface area contributed by atoms with Gasteiger partial charge in [0.05, 0.1) is 16.6 Å². The Bertz CT molecular complexity index is 2260. The van der Waals surface area contributed by atoms with Gasteiger partial charge in [0.1, 0.15) is 0 Å². The van der Waals surface area contributed by atoms with Crippen LogP contribution >= 0.6 is 0 Å². The van der Waals surface area contributed by atoms with Crippen LogP contribution in [-0.2, 0) is 11.8 Å². The van der Waals surface area contributed by atoms with Gasteiger partial charge in [-0.3, -0.25) is 0 Å². The fourth-order valence-corrected chi connectivity index (χ4v) is 8.21. The summed E-state index contributed by atoms with van der Waals surface area (Å²) in [6, 6.07) is 52.1. The number of benzene rings is 6. The van der Waals surface area contributed by atoms with Gasteiger partial charge in [0.25, 0.3) is 0 Å². The van der Waals surface area contributed by atoms with Gasteiger partial charge in [-0.2, -0.15) is 0 Å². The van der Waals surface area contributed by atoms with E-state index >= 15 is 0 Å². The summed E-state index contributed by atoms with van der Waals surface area (Å²) >= 11 is 0. The van der Waals surface area contributed by atoms with Crippen molar-refractivity contribution in [2.75, 3.05) is 0 Å². The number of aromatic nitrogens is 1. The van der Waals surface area contributed by atoms with Crippen molar-refractivity contribution in [2.45, 2.75) is 38.5 Å². The van der Waals surface area contributed by atoms with Gasteiger partial charge >= 0.3 is 0 Å². The molecule has 9 rings (SSSR count). The average molecular weight is 590 g/mol. The van der Waals surface area contributed by atoms with Gasteiger partial charge in [0.2, 0.25) is 0 Å².